The van der Waals surface area contributed by atoms with Crippen molar-refractivity contribution in [2.24, 2.45) is 0 Å². The number of ether oxygens (including phenoxy) is 3. The van der Waals surface area contributed by atoms with Crippen LogP contribution in [0.15, 0.2) is 36.4 Å². The minimum absolute atomic E-state index is 0.0545. The monoisotopic (exact) mass is 652 g/mol. The van der Waals surface area contributed by atoms with Crippen molar-refractivity contribution < 1.29 is 47.8 Å². The number of amides is 5. The van der Waals surface area contributed by atoms with E-state index < -0.39 is 23.9 Å². The molecule has 1 saturated heterocycles. The number of anilines is 1. The van der Waals surface area contributed by atoms with Crippen molar-refractivity contribution >= 4 is 41.4 Å². The molecule has 0 aromatic heterocycles. The molecule has 0 bridgehead atoms. The van der Waals surface area contributed by atoms with Gasteiger partial charge in [0.2, 0.25) is 11.8 Å². The summed E-state index contributed by atoms with van der Waals surface area (Å²) in [6.45, 7) is 6.15. The van der Waals surface area contributed by atoms with Gasteiger partial charge in [-0.3, -0.25) is 28.8 Å². The third-order valence-electron chi connectivity index (χ3n) is 7.55. The van der Waals surface area contributed by atoms with Gasteiger partial charge >= 0.3 is 6.16 Å². The molecule has 252 valence electrons. The Morgan fingerprint density at radius 2 is 1.43 bits per heavy atom. The zero-order valence-electron chi connectivity index (χ0n) is 26.6. The summed E-state index contributed by atoms with van der Waals surface area (Å²) in [6, 6.07) is 10.6. The van der Waals surface area contributed by atoms with Gasteiger partial charge in [0.05, 0.1) is 13.2 Å². The molecular formula is C33H40N4O10. The predicted molar refractivity (Wildman–Crippen MR) is 168 cm³/mol. The topological polar surface area (TPSA) is 179 Å². The van der Waals surface area contributed by atoms with E-state index in [0.29, 0.717) is 67.8 Å². The molecule has 0 spiro atoms. The maximum atomic E-state index is 12.9. The van der Waals surface area contributed by atoms with Crippen molar-refractivity contribution in [1.82, 2.24) is 15.7 Å². The number of nitrogens with zero attached hydrogens (tertiary/aromatic N) is 1. The lowest BCUT2D eigenvalue weighted by Crippen LogP contribution is -2.32. The number of carbonyl (C=O) groups excluding carboxylic acids is 6. The maximum absolute atomic E-state index is 12.9. The number of hydroxylamine groups is 2. The minimum Gasteiger partial charge on any atom is -0.432 e. The lowest BCUT2D eigenvalue weighted by molar-refractivity contribution is -0.177. The van der Waals surface area contributed by atoms with Crippen molar-refractivity contribution in [1.29, 1.82) is 0 Å². The normalized spacial score (nSPS) is 14.8. The van der Waals surface area contributed by atoms with E-state index in [0.717, 1.165) is 16.7 Å². The second-order valence-corrected chi connectivity index (χ2v) is 10.8. The van der Waals surface area contributed by atoms with Crippen LogP contribution in [0.25, 0.3) is 11.1 Å². The number of benzene rings is 2. The summed E-state index contributed by atoms with van der Waals surface area (Å²) < 4.78 is 15.9. The van der Waals surface area contributed by atoms with Crippen LogP contribution in [0, 0.1) is 0 Å². The van der Waals surface area contributed by atoms with Crippen molar-refractivity contribution in [3.05, 3.63) is 53.1 Å². The molecule has 1 unspecified atom stereocenters. The predicted octanol–water partition coefficient (Wildman–Crippen LogP) is 3.04. The fourth-order valence-corrected chi connectivity index (χ4v) is 5.28. The molecule has 47 heavy (non-hydrogen) atoms. The van der Waals surface area contributed by atoms with E-state index in [-0.39, 0.29) is 50.0 Å². The van der Waals surface area contributed by atoms with Gasteiger partial charge in [-0.25, -0.2) is 4.79 Å². The molecule has 1 aliphatic carbocycles. The number of nitrogens with one attached hydrogen (secondary N) is 3. The van der Waals surface area contributed by atoms with Crippen LogP contribution in [0.2, 0.25) is 0 Å². The molecule has 5 amide bonds. The van der Waals surface area contributed by atoms with Crippen LogP contribution in [-0.4, -0.2) is 86.9 Å². The number of hydrogen-bond donors (Lipinski definition) is 3. The highest BCUT2D eigenvalue weighted by atomic mass is 16.8. The first-order chi connectivity index (χ1) is 22.7. The Kier molecular flexibility index (Phi) is 12.8. The van der Waals surface area contributed by atoms with Gasteiger partial charge in [0.1, 0.15) is 6.61 Å². The Balaban J connectivity index is 1.45. The van der Waals surface area contributed by atoms with Crippen molar-refractivity contribution in [3.63, 3.8) is 0 Å². The molecule has 1 fully saturated rings. The van der Waals surface area contributed by atoms with Crippen molar-refractivity contribution in [2.75, 3.05) is 51.4 Å². The Hall–Kier alpha value is -4.82. The van der Waals surface area contributed by atoms with Gasteiger partial charge in [0.25, 0.3) is 17.7 Å². The molecule has 1 atom stereocenters. The van der Waals surface area contributed by atoms with E-state index in [1.54, 1.807) is 24.3 Å². The molecule has 0 saturated carbocycles. The van der Waals surface area contributed by atoms with Gasteiger partial charge in [-0.05, 0) is 66.8 Å². The summed E-state index contributed by atoms with van der Waals surface area (Å²) >= 11 is 0. The van der Waals surface area contributed by atoms with Crippen LogP contribution in [-0.2, 0) is 38.2 Å². The molecule has 1 heterocycles. The maximum Gasteiger partial charge on any atom is 0.533 e. The first-order valence-corrected chi connectivity index (χ1v) is 15.7. The summed E-state index contributed by atoms with van der Waals surface area (Å²) in [7, 11) is 0. The molecule has 14 heteroatoms. The number of rotatable bonds is 17. The Labute approximate surface area is 272 Å². The molecule has 2 aliphatic rings. The van der Waals surface area contributed by atoms with Gasteiger partial charge in [0, 0.05) is 69.2 Å². The van der Waals surface area contributed by atoms with E-state index in [4.69, 9.17) is 19.0 Å². The van der Waals surface area contributed by atoms with Gasteiger partial charge in [-0.1, -0.05) is 17.2 Å². The Morgan fingerprint density at radius 3 is 2.11 bits per heavy atom. The Bertz CT molecular complexity index is 1480. The van der Waals surface area contributed by atoms with Crippen LogP contribution in [0.5, 0.6) is 0 Å². The van der Waals surface area contributed by atoms with Gasteiger partial charge in [-0.15, -0.1) is 0 Å². The van der Waals surface area contributed by atoms with Gasteiger partial charge in [0.15, 0.2) is 0 Å². The molecule has 4 rings (SSSR count). The summed E-state index contributed by atoms with van der Waals surface area (Å²) in [5, 5.41) is 8.82. The lowest BCUT2D eigenvalue weighted by atomic mass is 9.96. The quantitative estimate of drug-likeness (QED) is 0.131. The highest BCUT2D eigenvalue weighted by molar-refractivity contribution is 6.01. The van der Waals surface area contributed by atoms with Crippen molar-refractivity contribution in [3.8, 4) is 11.1 Å². The summed E-state index contributed by atoms with van der Waals surface area (Å²) in [6.07, 6.45) is -0.643. The van der Waals surface area contributed by atoms with Crippen LogP contribution in [0.4, 0.5) is 10.5 Å². The van der Waals surface area contributed by atoms with Gasteiger partial charge < -0.3 is 30.2 Å². The van der Waals surface area contributed by atoms with E-state index in [1.165, 1.54) is 0 Å². The molecule has 2 aromatic carbocycles. The fraction of sp³-hybridized carbons (Fsp3) is 0.455. The molecule has 0 radical (unpaired) electrons. The molecular weight excluding hydrogens is 612 g/mol. The van der Waals surface area contributed by atoms with Gasteiger partial charge in [-0.2, -0.15) is 0 Å². The molecule has 2 aromatic rings. The molecule has 1 aliphatic heterocycles. The first-order valence-electron chi connectivity index (χ1n) is 15.7. The SMILES string of the molecule is CCOCCNC(=O)CCCC(=O)Nc1ccc2c(c1)C(COC(=O)ON1C(=O)CCC1=O)c1cc(C(=O)NCCOCC)ccc1-2. The number of fused-ring (bicyclic) bond motifs is 3. The number of imide groups is 1. The summed E-state index contributed by atoms with van der Waals surface area (Å²) in [4.78, 5) is 78.7. The molecule has 3 N–H and O–H groups in total. The summed E-state index contributed by atoms with van der Waals surface area (Å²) in [5.74, 6) is -2.56. The zero-order valence-corrected chi connectivity index (χ0v) is 26.6. The van der Waals surface area contributed by atoms with Crippen LogP contribution < -0.4 is 16.0 Å². The third-order valence-corrected chi connectivity index (χ3v) is 7.55. The zero-order chi connectivity index (χ0) is 33.8. The standard InChI is InChI=1S/C33H40N4O10/c1-3-44-16-14-34-28(38)6-5-7-29(39)36-22-9-11-24-23-10-8-21(32(42)35-15-17-45-4-2)18-25(23)27(26(24)19-22)20-46-33(43)47-37-30(40)12-13-31(37)41/h8-11,18-19,27H,3-7,12-17,20H2,1-2H3,(H,34,38)(H,35,42)(H,36,39). The lowest BCUT2D eigenvalue weighted by Gasteiger charge is -2.17. The van der Waals surface area contributed by atoms with Crippen LogP contribution in [0.3, 0.4) is 0 Å². The third kappa shape index (κ3) is 9.59. The highest BCUT2D eigenvalue weighted by Gasteiger charge is 2.35. The van der Waals surface area contributed by atoms with E-state index in [9.17, 15) is 28.8 Å². The number of carbonyl (C=O) groups is 6. The smallest absolute Gasteiger partial charge is 0.432 e. The number of hydrogen-bond acceptors (Lipinski definition) is 10. The summed E-state index contributed by atoms with van der Waals surface area (Å²) in [5.41, 5.74) is 3.95. The Morgan fingerprint density at radius 1 is 0.809 bits per heavy atom. The first kappa shape index (κ1) is 35.0. The largest absolute Gasteiger partial charge is 0.533 e. The average Bonchev–Trinajstić information content (AvgIpc) is 3.54. The molecule has 14 nitrogen and oxygen atoms in total. The average molecular weight is 653 g/mol. The van der Waals surface area contributed by atoms with Crippen LogP contribution in [0.1, 0.15) is 73.4 Å². The highest BCUT2D eigenvalue weighted by Crippen LogP contribution is 2.46. The van der Waals surface area contributed by atoms with E-state index in [1.807, 2.05) is 26.0 Å². The van der Waals surface area contributed by atoms with E-state index in [2.05, 4.69) is 16.0 Å². The van der Waals surface area contributed by atoms with Crippen LogP contribution >= 0.6 is 0 Å². The second-order valence-electron chi connectivity index (χ2n) is 10.8. The second kappa shape index (κ2) is 17.2. The van der Waals surface area contributed by atoms with Crippen molar-refractivity contribution in [2.45, 2.75) is 51.9 Å². The fourth-order valence-electron chi connectivity index (χ4n) is 5.28. The van der Waals surface area contributed by atoms with E-state index >= 15 is 0 Å². The minimum atomic E-state index is -1.22.